The van der Waals surface area contributed by atoms with Gasteiger partial charge in [0.15, 0.2) is 6.61 Å². The Balaban J connectivity index is 2.36. The van der Waals surface area contributed by atoms with Crippen molar-refractivity contribution < 1.29 is 14.6 Å². The Morgan fingerprint density at radius 1 is 1.44 bits per heavy atom. The molecule has 0 aliphatic rings. The summed E-state index contributed by atoms with van der Waals surface area (Å²) in [7, 11) is 0. The second kappa shape index (κ2) is 6.75. The minimum absolute atomic E-state index is 0.0262. The molecule has 5 heteroatoms. The van der Waals surface area contributed by atoms with Crippen LogP contribution in [0, 0.1) is 5.41 Å². The van der Waals surface area contributed by atoms with Crippen LogP contribution in [0.2, 0.25) is 0 Å². The number of para-hydroxylation sites is 1. The summed E-state index contributed by atoms with van der Waals surface area (Å²) in [6, 6.07) is 7.35. The smallest absolute Gasteiger partial charge is 0.257 e. The predicted molar refractivity (Wildman–Crippen MR) is 73.5 cm³/mol. The Labute approximate surface area is 115 Å². The molecule has 1 aromatic rings. The molecule has 0 unspecified atom stereocenters. The summed E-state index contributed by atoms with van der Waals surface area (Å²) >= 11 is 3.34. The highest BCUT2D eigenvalue weighted by atomic mass is 79.9. The van der Waals surface area contributed by atoms with Crippen LogP contribution in [0.3, 0.4) is 0 Å². The number of carbonyl (C=O) groups excluding carboxylic acids is 1. The molecular weight excluding hydrogens is 298 g/mol. The van der Waals surface area contributed by atoms with Crippen LogP contribution in [-0.2, 0) is 4.79 Å². The van der Waals surface area contributed by atoms with E-state index in [0.29, 0.717) is 12.3 Å². The number of hydrogen-bond acceptors (Lipinski definition) is 3. The molecule has 0 aliphatic heterocycles. The van der Waals surface area contributed by atoms with E-state index in [1.165, 1.54) is 0 Å². The summed E-state index contributed by atoms with van der Waals surface area (Å²) in [5, 5.41) is 11.8. The maximum atomic E-state index is 11.6. The molecule has 1 amide bonds. The molecule has 0 saturated heterocycles. The van der Waals surface area contributed by atoms with Gasteiger partial charge in [0, 0.05) is 18.6 Å². The Kier molecular flexibility index (Phi) is 5.62. The number of hydrogen-bond donors (Lipinski definition) is 2. The first-order chi connectivity index (χ1) is 8.44. The highest BCUT2D eigenvalue weighted by molar-refractivity contribution is 9.10. The van der Waals surface area contributed by atoms with E-state index in [1.54, 1.807) is 6.07 Å². The zero-order chi connectivity index (χ0) is 13.6. The van der Waals surface area contributed by atoms with Gasteiger partial charge < -0.3 is 15.2 Å². The van der Waals surface area contributed by atoms with Gasteiger partial charge in [-0.1, -0.05) is 26.0 Å². The van der Waals surface area contributed by atoms with E-state index < -0.39 is 0 Å². The number of aliphatic hydroxyl groups excluding tert-OH is 1. The van der Waals surface area contributed by atoms with Crippen molar-refractivity contribution in [3.63, 3.8) is 0 Å². The average molecular weight is 316 g/mol. The number of benzene rings is 1. The van der Waals surface area contributed by atoms with Crippen molar-refractivity contribution in [2.45, 2.75) is 13.8 Å². The summed E-state index contributed by atoms with van der Waals surface area (Å²) in [5.41, 5.74) is -0.316. The SMILES string of the molecule is CC(C)(CO)CNC(=O)COc1ccccc1Br. The molecule has 0 fully saturated rings. The van der Waals surface area contributed by atoms with Crippen molar-refractivity contribution in [1.82, 2.24) is 5.32 Å². The van der Waals surface area contributed by atoms with Gasteiger partial charge >= 0.3 is 0 Å². The van der Waals surface area contributed by atoms with Crippen LogP contribution < -0.4 is 10.1 Å². The monoisotopic (exact) mass is 315 g/mol. The van der Waals surface area contributed by atoms with Crippen LogP contribution in [0.25, 0.3) is 0 Å². The van der Waals surface area contributed by atoms with Crippen LogP contribution in [0.15, 0.2) is 28.7 Å². The maximum Gasteiger partial charge on any atom is 0.257 e. The number of rotatable bonds is 6. The summed E-state index contributed by atoms with van der Waals surface area (Å²) < 4.78 is 6.19. The number of amides is 1. The summed E-state index contributed by atoms with van der Waals surface area (Å²) in [4.78, 5) is 11.6. The van der Waals surface area contributed by atoms with E-state index in [-0.39, 0.29) is 24.5 Å². The van der Waals surface area contributed by atoms with Gasteiger partial charge in [0.1, 0.15) is 5.75 Å². The zero-order valence-electron chi connectivity index (χ0n) is 10.6. The van der Waals surface area contributed by atoms with E-state index >= 15 is 0 Å². The Morgan fingerprint density at radius 3 is 2.72 bits per heavy atom. The fourth-order valence-corrected chi connectivity index (χ4v) is 1.55. The molecule has 0 radical (unpaired) electrons. The van der Waals surface area contributed by atoms with E-state index in [9.17, 15) is 4.79 Å². The molecule has 2 N–H and O–H groups in total. The predicted octanol–water partition coefficient (Wildman–Crippen LogP) is 1.96. The third-order valence-electron chi connectivity index (χ3n) is 2.39. The van der Waals surface area contributed by atoms with E-state index in [0.717, 1.165) is 4.47 Å². The largest absolute Gasteiger partial charge is 0.483 e. The lowest BCUT2D eigenvalue weighted by atomic mass is 9.95. The topological polar surface area (TPSA) is 58.6 Å². The van der Waals surface area contributed by atoms with E-state index in [4.69, 9.17) is 9.84 Å². The van der Waals surface area contributed by atoms with Gasteiger partial charge in [-0.2, -0.15) is 0 Å². The van der Waals surface area contributed by atoms with Crippen molar-refractivity contribution in [1.29, 1.82) is 0 Å². The van der Waals surface area contributed by atoms with E-state index in [1.807, 2.05) is 32.0 Å². The maximum absolute atomic E-state index is 11.6. The number of halogens is 1. The first kappa shape index (κ1) is 15.0. The Morgan fingerprint density at radius 2 is 2.11 bits per heavy atom. The molecule has 1 rings (SSSR count). The molecule has 100 valence electrons. The lowest BCUT2D eigenvalue weighted by Gasteiger charge is -2.21. The molecule has 0 heterocycles. The summed E-state index contributed by atoms with van der Waals surface area (Å²) in [6.45, 7) is 4.16. The average Bonchev–Trinajstić information content (AvgIpc) is 2.35. The van der Waals surface area contributed by atoms with Crippen LogP contribution in [0.4, 0.5) is 0 Å². The highest BCUT2D eigenvalue weighted by Crippen LogP contribution is 2.23. The molecule has 0 atom stereocenters. The second-order valence-corrected chi connectivity index (χ2v) is 5.67. The molecule has 1 aromatic carbocycles. The number of aliphatic hydroxyl groups is 1. The van der Waals surface area contributed by atoms with Gasteiger partial charge in [-0.25, -0.2) is 0 Å². The van der Waals surface area contributed by atoms with Crippen molar-refractivity contribution >= 4 is 21.8 Å². The van der Waals surface area contributed by atoms with Gasteiger partial charge in [0.25, 0.3) is 5.91 Å². The van der Waals surface area contributed by atoms with Crippen molar-refractivity contribution in [2.75, 3.05) is 19.8 Å². The van der Waals surface area contributed by atoms with Gasteiger partial charge in [-0.05, 0) is 28.1 Å². The minimum Gasteiger partial charge on any atom is -0.483 e. The molecule has 18 heavy (non-hydrogen) atoms. The third kappa shape index (κ3) is 5.06. The minimum atomic E-state index is -0.316. The molecular formula is C13H18BrNO3. The normalized spacial score (nSPS) is 11.1. The summed E-state index contributed by atoms with van der Waals surface area (Å²) in [6.07, 6.45) is 0. The van der Waals surface area contributed by atoms with Crippen molar-refractivity contribution in [3.05, 3.63) is 28.7 Å². The molecule has 0 bridgehead atoms. The number of ether oxygens (including phenoxy) is 1. The lowest BCUT2D eigenvalue weighted by molar-refractivity contribution is -0.123. The lowest BCUT2D eigenvalue weighted by Crippen LogP contribution is -2.38. The fourth-order valence-electron chi connectivity index (χ4n) is 1.15. The van der Waals surface area contributed by atoms with Crippen LogP contribution >= 0.6 is 15.9 Å². The van der Waals surface area contributed by atoms with Gasteiger partial charge in [-0.15, -0.1) is 0 Å². The van der Waals surface area contributed by atoms with Crippen molar-refractivity contribution in [2.24, 2.45) is 5.41 Å². The standard InChI is InChI=1S/C13H18BrNO3/c1-13(2,9-16)8-15-12(17)7-18-11-6-4-3-5-10(11)14/h3-6,16H,7-9H2,1-2H3,(H,15,17). The first-order valence-corrected chi connectivity index (χ1v) is 6.49. The number of nitrogens with one attached hydrogen (secondary N) is 1. The molecule has 0 spiro atoms. The third-order valence-corrected chi connectivity index (χ3v) is 3.04. The second-order valence-electron chi connectivity index (χ2n) is 4.82. The Hall–Kier alpha value is -1.07. The van der Waals surface area contributed by atoms with Gasteiger partial charge in [0.2, 0.25) is 0 Å². The molecule has 4 nitrogen and oxygen atoms in total. The van der Waals surface area contributed by atoms with Crippen LogP contribution in [0.5, 0.6) is 5.75 Å². The molecule has 0 saturated carbocycles. The Bertz CT molecular complexity index is 407. The zero-order valence-corrected chi connectivity index (χ0v) is 12.2. The molecule has 0 aromatic heterocycles. The molecule has 0 aliphatic carbocycles. The first-order valence-electron chi connectivity index (χ1n) is 5.69. The quantitative estimate of drug-likeness (QED) is 0.843. The van der Waals surface area contributed by atoms with Crippen LogP contribution in [0.1, 0.15) is 13.8 Å². The van der Waals surface area contributed by atoms with Gasteiger partial charge in [0.05, 0.1) is 4.47 Å². The fraction of sp³-hybridized carbons (Fsp3) is 0.462. The number of carbonyl (C=O) groups is 1. The van der Waals surface area contributed by atoms with E-state index in [2.05, 4.69) is 21.2 Å². The summed E-state index contributed by atoms with van der Waals surface area (Å²) in [5.74, 6) is 0.432. The van der Waals surface area contributed by atoms with Gasteiger partial charge in [-0.3, -0.25) is 4.79 Å². The van der Waals surface area contributed by atoms with Crippen molar-refractivity contribution in [3.8, 4) is 5.75 Å². The van der Waals surface area contributed by atoms with Crippen LogP contribution in [-0.4, -0.2) is 30.8 Å². The highest BCUT2D eigenvalue weighted by Gasteiger charge is 2.17.